The number of hydrogen-bond acceptors (Lipinski definition) is 3. The van der Waals surface area contributed by atoms with Gasteiger partial charge in [-0.15, -0.1) is 0 Å². The highest BCUT2D eigenvalue weighted by atomic mass is 16.4. The lowest BCUT2D eigenvalue weighted by Crippen LogP contribution is -2.41. The predicted molar refractivity (Wildman–Crippen MR) is 66.9 cm³/mol. The van der Waals surface area contributed by atoms with Crippen molar-refractivity contribution < 1.29 is 14.7 Å². The van der Waals surface area contributed by atoms with Crippen LogP contribution in [0.15, 0.2) is 0 Å². The van der Waals surface area contributed by atoms with Crippen molar-refractivity contribution in [2.75, 3.05) is 19.6 Å². The lowest BCUT2D eigenvalue weighted by molar-refractivity contribution is -0.137. The molecule has 0 rings (SSSR count). The van der Waals surface area contributed by atoms with Crippen molar-refractivity contribution in [3.05, 3.63) is 0 Å². The number of nitrogens with zero attached hydrogens (tertiary/aromatic N) is 1. The molecule has 2 N–H and O–H groups in total. The van der Waals surface area contributed by atoms with Crippen molar-refractivity contribution in [1.29, 1.82) is 0 Å². The molecular formula is C12H24N2O3. The highest BCUT2D eigenvalue weighted by Crippen LogP contribution is 1.96. The Morgan fingerprint density at radius 2 is 2.00 bits per heavy atom. The molecule has 1 amide bonds. The fourth-order valence-corrected chi connectivity index (χ4v) is 1.63. The number of carbonyl (C=O) groups excluding carboxylic acids is 1. The first-order chi connectivity index (χ1) is 7.99. The van der Waals surface area contributed by atoms with Gasteiger partial charge in [-0.2, -0.15) is 0 Å². The lowest BCUT2D eigenvalue weighted by Gasteiger charge is -2.20. The van der Waals surface area contributed by atoms with Crippen molar-refractivity contribution in [2.24, 2.45) is 0 Å². The number of amides is 1. The summed E-state index contributed by atoms with van der Waals surface area (Å²) in [5, 5.41) is 11.5. The molecule has 5 heteroatoms. The van der Waals surface area contributed by atoms with E-state index in [0.29, 0.717) is 13.1 Å². The second-order valence-electron chi connectivity index (χ2n) is 4.27. The van der Waals surface area contributed by atoms with Gasteiger partial charge in [-0.25, -0.2) is 0 Å². The molecule has 0 bridgehead atoms. The normalized spacial score (nSPS) is 12.5. The summed E-state index contributed by atoms with van der Waals surface area (Å²) in [4.78, 5) is 23.9. The Morgan fingerprint density at radius 1 is 1.35 bits per heavy atom. The summed E-state index contributed by atoms with van der Waals surface area (Å²) in [7, 11) is 0. The number of aliphatic carboxylic acids is 1. The molecule has 0 saturated heterocycles. The van der Waals surface area contributed by atoms with Gasteiger partial charge >= 0.3 is 5.97 Å². The summed E-state index contributed by atoms with van der Waals surface area (Å²) >= 11 is 0. The molecule has 0 heterocycles. The first-order valence-electron chi connectivity index (χ1n) is 6.23. The molecule has 5 nitrogen and oxygen atoms in total. The van der Waals surface area contributed by atoms with Crippen LogP contribution in [0.5, 0.6) is 0 Å². The van der Waals surface area contributed by atoms with Gasteiger partial charge < -0.3 is 10.4 Å². The van der Waals surface area contributed by atoms with Crippen LogP contribution in [-0.2, 0) is 9.59 Å². The molecule has 0 aromatic heterocycles. The first kappa shape index (κ1) is 15.9. The second-order valence-corrected chi connectivity index (χ2v) is 4.27. The number of carboxylic acids is 1. The third-order valence-electron chi connectivity index (χ3n) is 2.59. The van der Waals surface area contributed by atoms with Crippen molar-refractivity contribution in [1.82, 2.24) is 10.2 Å². The predicted octanol–water partition coefficient (Wildman–Crippen LogP) is 1.09. The number of nitrogens with one attached hydrogen (secondary N) is 1. The second kappa shape index (κ2) is 8.98. The lowest BCUT2D eigenvalue weighted by atomic mass is 10.2. The molecule has 0 aliphatic heterocycles. The van der Waals surface area contributed by atoms with Gasteiger partial charge in [0, 0.05) is 12.6 Å². The van der Waals surface area contributed by atoms with Gasteiger partial charge in [-0.05, 0) is 19.9 Å². The number of carbonyl (C=O) groups is 2. The zero-order valence-electron chi connectivity index (χ0n) is 11.0. The molecule has 17 heavy (non-hydrogen) atoms. The molecule has 0 fully saturated rings. The molecule has 1 atom stereocenters. The Hall–Kier alpha value is -1.10. The van der Waals surface area contributed by atoms with E-state index < -0.39 is 5.97 Å². The Labute approximate surface area is 103 Å². The SMILES string of the molecule is CCCC(C)NC(=O)CN(CC)CCC(=O)O. The van der Waals surface area contributed by atoms with E-state index in [4.69, 9.17) is 5.11 Å². The molecule has 1 unspecified atom stereocenters. The van der Waals surface area contributed by atoms with E-state index in [1.807, 2.05) is 18.7 Å². The van der Waals surface area contributed by atoms with Gasteiger partial charge in [0.25, 0.3) is 0 Å². The molecule has 0 aliphatic carbocycles. The molecule has 100 valence electrons. The summed E-state index contributed by atoms with van der Waals surface area (Å²) in [6.07, 6.45) is 2.08. The molecule has 0 aromatic rings. The van der Waals surface area contributed by atoms with E-state index in [2.05, 4.69) is 12.2 Å². The summed E-state index contributed by atoms with van der Waals surface area (Å²) in [6.45, 7) is 7.36. The summed E-state index contributed by atoms with van der Waals surface area (Å²) < 4.78 is 0. The average molecular weight is 244 g/mol. The van der Waals surface area contributed by atoms with E-state index in [9.17, 15) is 9.59 Å². The number of hydrogen-bond donors (Lipinski definition) is 2. The Kier molecular flexibility index (Phi) is 8.40. The highest BCUT2D eigenvalue weighted by molar-refractivity contribution is 5.78. The van der Waals surface area contributed by atoms with Crippen molar-refractivity contribution in [2.45, 2.75) is 46.1 Å². The third kappa shape index (κ3) is 8.68. The van der Waals surface area contributed by atoms with Gasteiger partial charge in [-0.3, -0.25) is 14.5 Å². The van der Waals surface area contributed by atoms with Crippen LogP contribution < -0.4 is 5.32 Å². The van der Waals surface area contributed by atoms with Crippen molar-refractivity contribution >= 4 is 11.9 Å². The van der Waals surface area contributed by atoms with Crippen molar-refractivity contribution in [3.63, 3.8) is 0 Å². The monoisotopic (exact) mass is 244 g/mol. The van der Waals surface area contributed by atoms with Crippen LogP contribution in [0, 0.1) is 0 Å². The van der Waals surface area contributed by atoms with Gasteiger partial charge in [0.1, 0.15) is 0 Å². The van der Waals surface area contributed by atoms with E-state index in [0.717, 1.165) is 12.8 Å². The Morgan fingerprint density at radius 3 is 2.47 bits per heavy atom. The fourth-order valence-electron chi connectivity index (χ4n) is 1.63. The maximum absolute atomic E-state index is 11.6. The molecule has 0 aromatic carbocycles. The zero-order chi connectivity index (χ0) is 13.3. The topological polar surface area (TPSA) is 69.6 Å². The quantitative estimate of drug-likeness (QED) is 0.637. The minimum absolute atomic E-state index is 0.0295. The Bertz CT molecular complexity index is 244. The summed E-state index contributed by atoms with van der Waals surface area (Å²) in [5.74, 6) is -0.860. The van der Waals surface area contributed by atoms with Gasteiger partial charge in [0.2, 0.25) is 5.91 Å². The molecule has 0 aliphatic rings. The van der Waals surface area contributed by atoms with E-state index in [1.165, 1.54) is 0 Å². The van der Waals surface area contributed by atoms with E-state index in [-0.39, 0.29) is 24.9 Å². The van der Waals surface area contributed by atoms with Crippen LogP contribution in [0.25, 0.3) is 0 Å². The number of carboxylic acid groups (broad SMARTS) is 1. The minimum Gasteiger partial charge on any atom is -0.481 e. The largest absolute Gasteiger partial charge is 0.481 e. The van der Waals surface area contributed by atoms with Gasteiger partial charge in [-0.1, -0.05) is 20.3 Å². The molecular weight excluding hydrogens is 220 g/mol. The summed E-state index contributed by atoms with van der Waals surface area (Å²) in [5.41, 5.74) is 0. The van der Waals surface area contributed by atoms with Crippen LogP contribution in [0.4, 0.5) is 0 Å². The van der Waals surface area contributed by atoms with E-state index >= 15 is 0 Å². The molecule has 0 spiro atoms. The minimum atomic E-state index is -0.830. The third-order valence-corrected chi connectivity index (χ3v) is 2.59. The zero-order valence-corrected chi connectivity index (χ0v) is 11.0. The van der Waals surface area contributed by atoms with Crippen LogP contribution in [0.1, 0.15) is 40.0 Å². The summed E-state index contributed by atoms with van der Waals surface area (Å²) in [6, 6.07) is 0.186. The standard InChI is InChI=1S/C12H24N2O3/c1-4-6-10(3)13-11(15)9-14(5-2)8-7-12(16)17/h10H,4-9H2,1-3H3,(H,13,15)(H,16,17). The average Bonchev–Trinajstić information content (AvgIpc) is 2.24. The van der Waals surface area contributed by atoms with Crippen LogP contribution in [0.2, 0.25) is 0 Å². The smallest absolute Gasteiger partial charge is 0.304 e. The van der Waals surface area contributed by atoms with Crippen LogP contribution in [0.3, 0.4) is 0 Å². The maximum atomic E-state index is 11.6. The van der Waals surface area contributed by atoms with Gasteiger partial charge in [0.15, 0.2) is 0 Å². The van der Waals surface area contributed by atoms with Crippen molar-refractivity contribution in [3.8, 4) is 0 Å². The Balaban J connectivity index is 3.92. The maximum Gasteiger partial charge on any atom is 0.304 e. The first-order valence-corrected chi connectivity index (χ1v) is 6.23. The van der Waals surface area contributed by atoms with Crippen LogP contribution >= 0.6 is 0 Å². The van der Waals surface area contributed by atoms with E-state index in [1.54, 1.807) is 0 Å². The number of likely N-dealkylation sites (N-methyl/N-ethyl adjacent to an activating group) is 1. The molecule has 0 saturated carbocycles. The fraction of sp³-hybridized carbons (Fsp3) is 0.833. The number of rotatable bonds is 9. The highest BCUT2D eigenvalue weighted by Gasteiger charge is 2.12. The van der Waals surface area contributed by atoms with Crippen LogP contribution in [-0.4, -0.2) is 47.6 Å². The molecule has 0 radical (unpaired) electrons. The van der Waals surface area contributed by atoms with Gasteiger partial charge in [0.05, 0.1) is 13.0 Å².